The fraction of sp³-hybridized carbons (Fsp3) is 0.647. The number of rotatable bonds is 6. The van der Waals surface area contributed by atoms with Gasteiger partial charge in [0.1, 0.15) is 0 Å². The molecule has 0 saturated heterocycles. The van der Waals surface area contributed by atoms with Gasteiger partial charge in [0.15, 0.2) is 0 Å². The summed E-state index contributed by atoms with van der Waals surface area (Å²) in [4.78, 5) is 0. The third kappa shape index (κ3) is 3.97. The summed E-state index contributed by atoms with van der Waals surface area (Å²) in [7, 11) is 0. The average Bonchev–Trinajstić information content (AvgIpc) is 2.85. The number of hydrogen-bond donors (Lipinski definition) is 1. The largest absolute Gasteiger partial charge is 0.388 e. The van der Waals surface area contributed by atoms with Crippen molar-refractivity contribution in [2.75, 3.05) is 0 Å². The van der Waals surface area contributed by atoms with Crippen molar-refractivity contribution in [2.45, 2.75) is 69.3 Å². The first kappa shape index (κ1) is 14.9. The van der Waals surface area contributed by atoms with Gasteiger partial charge < -0.3 is 5.11 Å². The lowest BCUT2D eigenvalue weighted by molar-refractivity contribution is 0.163. The predicted octanol–water partition coefficient (Wildman–Crippen LogP) is 5.18. The molecule has 1 aliphatic carbocycles. The molecule has 1 nitrogen and oxygen atoms in total. The number of benzene rings is 1. The van der Waals surface area contributed by atoms with E-state index >= 15 is 0 Å². The second-order valence-electron chi connectivity index (χ2n) is 5.73. The molecule has 0 bridgehead atoms. The van der Waals surface area contributed by atoms with Crippen LogP contribution in [0, 0.1) is 0 Å². The van der Waals surface area contributed by atoms with Crippen LogP contribution in [0.2, 0.25) is 0 Å². The van der Waals surface area contributed by atoms with Gasteiger partial charge in [0, 0.05) is 11.3 Å². The molecule has 0 spiro atoms. The lowest BCUT2D eigenvalue weighted by atomic mass is 9.94. The maximum atomic E-state index is 10.1. The molecule has 1 aromatic carbocycles. The maximum absolute atomic E-state index is 10.1. The summed E-state index contributed by atoms with van der Waals surface area (Å²) in [5.74, 6) is 0.507. The number of halogens is 1. The maximum Gasteiger partial charge on any atom is 0.0790 e. The fourth-order valence-electron chi connectivity index (χ4n) is 3.01. The van der Waals surface area contributed by atoms with E-state index in [1.54, 1.807) is 0 Å². The van der Waals surface area contributed by atoms with E-state index in [-0.39, 0.29) is 6.10 Å². The molecule has 1 aliphatic rings. The van der Waals surface area contributed by atoms with Gasteiger partial charge in [0.2, 0.25) is 0 Å². The summed E-state index contributed by atoms with van der Waals surface area (Å²) < 4.78 is 0. The monoisotopic (exact) mass is 280 g/mol. The minimum absolute atomic E-state index is 0.292. The van der Waals surface area contributed by atoms with E-state index in [0.717, 1.165) is 24.8 Å². The van der Waals surface area contributed by atoms with Crippen molar-refractivity contribution in [1.82, 2.24) is 0 Å². The van der Waals surface area contributed by atoms with Gasteiger partial charge >= 0.3 is 0 Å². The van der Waals surface area contributed by atoms with Gasteiger partial charge in [0.25, 0.3) is 0 Å². The quantitative estimate of drug-likeness (QED) is 0.563. The number of unbranched alkanes of at least 4 members (excludes halogenated alkanes) is 2. The molecule has 1 aromatic rings. The highest BCUT2D eigenvalue weighted by molar-refractivity contribution is 6.21. The van der Waals surface area contributed by atoms with Crippen LogP contribution in [0.25, 0.3) is 0 Å². The van der Waals surface area contributed by atoms with Gasteiger partial charge in [0.05, 0.1) is 6.10 Å². The van der Waals surface area contributed by atoms with Crippen LogP contribution in [0.4, 0.5) is 0 Å². The Bertz CT molecular complexity index is 373. The first-order valence-electron chi connectivity index (χ1n) is 7.64. The van der Waals surface area contributed by atoms with E-state index < -0.39 is 0 Å². The van der Waals surface area contributed by atoms with E-state index in [1.807, 2.05) is 0 Å². The molecule has 0 aliphatic heterocycles. The van der Waals surface area contributed by atoms with Crippen LogP contribution in [0.15, 0.2) is 24.3 Å². The lowest BCUT2D eigenvalue weighted by Gasteiger charge is -2.16. The third-order valence-corrected chi connectivity index (χ3v) is 4.78. The average molecular weight is 281 g/mol. The molecular formula is C17H25ClO. The van der Waals surface area contributed by atoms with Gasteiger partial charge in [-0.25, -0.2) is 0 Å². The van der Waals surface area contributed by atoms with Crippen molar-refractivity contribution in [3.05, 3.63) is 35.4 Å². The zero-order valence-electron chi connectivity index (χ0n) is 11.8. The van der Waals surface area contributed by atoms with Crippen LogP contribution >= 0.6 is 11.6 Å². The van der Waals surface area contributed by atoms with Crippen molar-refractivity contribution in [3.8, 4) is 0 Å². The van der Waals surface area contributed by atoms with Crippen LogP contribution < -0.4 is 0 Å². The molecule has 0 amide bonds. The first-order valence-corrected chi connectivity index (χ1v) is 8.08. The van der Waals surface area contributed by atoms with Crippen LogP contribution in [0.1, 0.15) is 75.0 Å². The zero-order chi connectivity index (χ0) is 13.7. The fourth-order valence-corrected chi connectivity index (χ4v) is 3.44. The molecule has 2 heteroatoms. The predicted molar refractivity (Wildman–Crippen MR) is 81.8 cm³/mol. The van der Waals surface area contributed by atoms with Gasteiger partial charge in [-0.3, -0.25) is 0 Å². The summed E-state index contributed by atoms with van der Waals surface area (Å²) in [5, 5.41) is 10.4. The van der Waals surface area contributed by atoms with Crippen molar-refractivity contribution in [2.24, 2.45) is 0 Å². The summed E-state index contributed by atoms with van der Waals surface area (Å²) in [6, 6.07) is 8.47. The second-order valence-corrected chi connectivity index (χ2v) is 6.29. The van der Waals surface area contributed by atoms with E-state index in [1.165, 1.54) is 31.2 Å². The number of aliphatic hydroxyl groups excluding tert-OH is 1. The highest BCUT2D eigenvalue weighted by atomic mass is 35.5. The third-order valence-electron chi connectivity index (χ3n) is 4.26. The highest BCUT2D eigenvalue weighted by Gasteiger charge is 2.26. The van der Waals surface area contributed by atoms with Gasteiger partial charge in [-0.2, -0.15) is 0 Å². The lowest BCUT2D eigenvalue weighted by Crippen LogP contribution is -2.05. The summed E-state index contributed by atoms with van der Waals surface area (Å²) in [6.45, 7) is 2.19. The standard InChI is InChI=1S/C17H25ClO/c1-2-3-4-8-17(19)14-11-9-13(10-12-14)15-6-5-7-16(15)18/h9-12,15-17,19H,2-8H2,1H3/t15-,16?,17?/m0/s1. The van der Waals surface area contributed by atoms with Crippen molar-refractivity contribution < 1.29 is 5.11 Å². The Morgan fingerprint density at radius 3 is 2.53 bits per heavy atom. The van der Waals surface area contributed by atoms with Crippen LogP contribution in [0.5, 0.6) is 0 Å². The number of alkyl halides is 1. The molecule has 106 valence electrons. The van der Waals surface area contributed by atoms with Gasteiger partial charge in [-0.15, -0.1) is 11.6 Å². The number of aliphatic hydroxyl groups is 1. The molecule has 2 unspecified atom stereocenters. The Morgan fingerprint density at radius 1 is 1.21 bits per heavy atom. The van der Waals surface area contributed by atoms with Crippen molar-refractivity contribution in [3.63, 3.8) is 0 Å². The molecule has 0 aromatic heterocycles. The Hall–Kier alpha value is -0.530. The van der Waals surface area contributed by atoms with Gasteiger partial charge in [-0.1, -0.05) is 56.9 Å². The number of hydrogen-bond acceptors (Lipinski definition) is 1. The Labute approximate surface area is 122 Å². The van der Waals surface area contributed by atoms with E-state index in [2.05, 4.69) is 31.2 Å². The summed E-state index contributed by atoms with van der Waals surface area (Å²) in [6.07, 6.45) is 7.63. The van der Waals surface area contributed by atoms with Crippen molar-refractivity contribution in [1.29, 1.82) is 0 Å². The smallest absolute Gasteiger partial charge is 0.0790 e. The molecule has 19 heavy (non-hydrogen) atoms. The van der Waals surface area contributed by atoms with Gasteiger partial charge in [-0.05, 0) is 30.4 Å². The molecule has 3 atom stereocenters. The van der Waals surface area contributed by atoms with E-state index in [0.29, 0.717) is 11.3 Å². The molecule has 1 saturated carbocycles. The first-order chi connectivity index (χ1) is 9.22. The normalized spacial score (nSPS) is 24.6. The highest BCUT2D eigenvalue weighted by Crippen LogP contribution is 2.38. The molecule has 2 rings (SSSR count). The second kappa shape index (κ2) is 7.31. The van der Waals surface area contributed by atoms with E-state index in [4.69, 9.17) is 11.6 Å². The van der Waals surface area contributed by atoms with Crippen molar-refractivity contribution >= 4 is 11.6 Å². The Kier molecular flexibility index (Phi) is 5.72. The molecule has 0 radical (unpaired) electrons. The minimum atomic E-state index is -0.309. The molecule has 0 heterocycles. The Balaban J connectivity index is 1.94. The minimum Gasteiger partial charge on any atom is -0.388 e. The van der Waals surface area contributed by atoms with Crippen LogP contribution in [-0.2, 0) is 0 Å². The topological polar surface area (TPSA) is 20.2 Å². The summed E-state index contributed by atoms with van der Waals surface area (Å²) in [5.41, 5.74) is 2.38. The molecular weight excluding hydrogens is 256 g/mol. The SMILES string of the molecule is CCCCCC(O)c1ccc([C@@H]2CCCC2Cl)cc1. The molecule has 1 fully saturated rings. The van der Waals surface area contributed by atoms with E-state index in [9.17, 15) is 5.11 Å². The van der Waals surface area contributed by atoms with Crippen LogP contribution in [0.3, 0.4) is 0 Å². The summed E-state index contributed by atoms with van der Waals surface area (Å²) >= 11 is 6.35. The Morgan fingerprint density at radius 2 is 1.95 bits per heavy atom. The van der Waals surface area contributed by atoms with Crippen LogP contribution in [-0.4, -0.2) is 10.5 Å². The zero-order valence-corrected chi connectivity index (χ0v) is 12.6. The molecule has 1 N–H and O–H groups in total.